The molecule has 4 nitrogen and oxygen atoms in total. The Labute approximate surface area is 130 Å². The van der Waals surface area contributed by atoms with Gasteiger partial charge in [-0.3, -0.25) is 0 Å². The molecular formula is C14H14ClFN2O2S. The van der Waals surface area contributed by atoms with E-state index in [9.17, 15) is 9.18 Å². The van der Waals surface area contributed by atoms with E-state index >= 15 is 0 Å². The number of nitrogens with zero attached hydrogens (tertiary/aromatic N) is 1. The second-order valence-electron chi connectivity index (χ2n) is 4.53. The van der Waals surface area contributed by atoms with Gasteiger partial charge in [0.2, 0.25) is 0 Å². The SMILES string of the molecule is COC(=O)c1sc(NCc2cc(C)c(F)c(C)c2)nc1Cl. The van der Waals surface area contributed by atoms with Crippen LogP contribution in [-0.2, 0) is 11.3 Å². The fourth-order valence-corrected chi connectivity index (χ4v) is 3.01. The highest BCUT2D eigenvalue weighted by Crippen LogP contribution is 2.28. The zero-order valence-corrected chi connectivity index (χ0v) is 13.4. The maximum atomic E-state index is 13.6. The molecule has 1 aromatic carbocycles. The van der Waals surface area contributed by atoms with Crippen LogP contribution in [0.4, 0.5) is 9.52 Å². The normalized spacial score (nSPS) is 10.5. The molecule has 0 aliphatic rings. The minimum Gasteiger partial charge on any atom is -0.465 e. The standard InChI is InChI=1S/C14H14ClFN2O2S/c1-7-4-9(5-8(2)10(7)16)6-17-14-18-12(15)11(21-14)13(19)20-3/h4-5H,6H2,1-3H3,(H,17,18). The summed E-state index contributed by atoms with van der Waals surface area (Å²) in [5, 5.41) is 3.69. The first-order valence-corrected chi connectivity index (χ1v) is 7.36. The van der Waals surface area contributed by atoms with Crippen molar-refractivity contribution < 1.29 is 13.9 Å². The Morgan fingerprint density at radius 1 is 1.43 bits per heavy atom. The van der Waals surface area contributed by atoms with Gasteiger partial charge in [-0.05, 0) is 30.5 Å². The van der Waals surface area contributed by atoms with Gasteiger partial charge in [-0.1, -0.05) is 35.1 Å². The molecule has 112 valence electrons. The smallest absolute Gasteiger partial charge is 0.351 e. The van der Waals surface area contributed by atoms with Crippen LogP contribution in [-0.4, -0.2) is 18.1 Å². The van der Waals surface area contributed by atoms with Crippen molar-refractivity contribution in [3.8, 4) is 0 Å². The van der Waals surface area contributed by atoms with E-state index in [0.717, 1.165) is 16.9 Å². The van der Waals surface area contributed by atoms with E-state index in [0.29, 0.717) is 22.8 Å². The average Bonchev–Trinajstić information content (AvgIpc) is 2.82. The van der Waals surface area contributed by atoms with E-state index in [1.807, 2.05) is 0 Å². The van der Waals surface area contributed by atoms with Crippen molar-refractivity contribution >= 4 is 34.0 Å². The minimum absolute atomic E-state index is 0.112. The fraction of sp³-hybridized carbons (Fsp3) is 0.286. The van der Waals surface area contributed by atoms with E-state index in [4.69, 9.17) is 11.6 Å². The summed E-state index contributed by atoms with van der Waals surface area (Å²) in [5.74, 6) is -0.706. The predicted octanol–water partition coefficient (Wildman–Crippen LogP) is 3.95. The molecule has 0 aliphatic heterocycles. The number of carbonyl (C=O) groups excluding carboxylic acids is 1. The number of benzene rings is 1. The van der Waals surface area contributed by atoms with Crippen molar-refractivity contribution in [1.29, 1.82) is 0 Å². The van der Waals surface area contributed by atoms with Gasteiger partial charge in [0.05, 0.1) is 7.11 Å². The molecule has 2 rings (SSSR count). The molecule has 0 fully saturated rings. The van der Waals surface area contributed by atoms with Crippen molar-refractivity contribution in [2.24, 2.45) is 0 Å². The van der Waals surface area contributed by atoms with Gasteiger partial charge >= 0.3 is 5.97 Å². The predicted molar refractivity (Wildman–Crippen MR) is 81.7 cm³/mol. The van der Waals surface area contributed by atoms with Crippen LogP contribution in [0.2, 0.25) is 5.15 Å². The topological polar surface area (TPSA) is 51.2 Å². The average molecular weight is 329 g/mol. The molecule has 0 radical (unpaired) electrons. The van der Waals surface area contributed by atoms with Crippen LogP contribution in [0.5, 0.6) is 0 Å². The summed E-state index contributed by atoms with van der Waals surface area (Å²) in [7, 11) is 1.29. The number of esters is 1. The van der Waals surface area contributed by atoms with Gasteiger partial charge in [0, 0.05) is 6.54 Å². The number of anilines is 1. The van der Waals surface area contributed by atoms with E-state index in [2.05, 4.69) is 15.0 Å². The molecule has 0 aliphatic carbocycles. The Morgan fingerprint density at radius 2 is 2.05 bits per heavy atom. The lowest BCUT2D eigenvalue weighted by molar-refractivity contribution is 0.0606. The molecule has 0 saturated carbocycles. The number of thiazole rings is 1. The van der Waals surface area contributed by atoms with Crippen LogP contribution >= 0.6 is 22.9 Å². The van der Waals surface area contributed by atoms with Crippen molar-refractivity contribution in [3.63, 3.8) is 0 Å². The third-order valence-electron chi connectivity index (χ3n) is 2.90. The summed E-state index contributed by atoms with van der Waals surface area (Å²) < 4.78 is 18.2. The molecule has 1 aromatic heterocycles. The molecule has 1 N–H and O–H groups in total. The molecule has 0 bridgehead atoms. The first-order chi connectivity index (χ1) is 9.92. The lowest BCUT2D eigenvalue weighted by Crippen LogP contribution is -2.01. The Balaban J connectivity index is 2.12. The molecule has 0 unspecified atom stereocenters. The van der Waals surface area contributed by atoms with Crippen LogP contribution < -0.4 is 5.32 Å². The van der Waals surface area contributed by atoms with Gasteiger partial charge < -0.3 is 10.1 Å². The third kappa shape index (κ3) is 3.51. The van der Waals surface area contributed by atoms with E-state index < -0.39 is 5.97 Å². The van der Waals surface area contributed by atoms with Crippen molar-refractivity contribution in [1.82, 2.24) is 4.98 Å². The number of methoxy groups -OCH3 is 1. The summed E-state index contributed by atoms with van der Waals surface area (Å²) >= 11 is 7.00. The van der Waals surface area contributed by atoms with Gasteiger partial charge in [-0.15, -0.1) is 0 Å². The number of carbonyl (C=O) groups is 1. The fourth-order valence-electron chi connectivity index (χ4n) is 1.91. The monoisotopic (exact) mass is 328 g/mol. The number of hydrogen-bond acceptors (Lipinski definition) is 5. The van der Waals surface area contributed by atoms with Crippen LogP contribution in [0.3, 0.4) is 0 Å². The zero-order valence-electron chi connectivity index (χ0n) is 11.8. The number of ether oxygens (including phenoxy) is 1. The molecule has 1 heterocycles. The Morgan fingerprint density at radius 3 is 2.62 bits per heavy atom. The van der Waals surface area contributed by atoms with Crippen molar-refractivity contribution in [3.05, 3.63) is 44.7 Å². The molecule has 0 saturated heterocycles. The molecule has 0 atom stereocenters. The van der Waals surface area contributed by atoms with E-state index in [1.165, 1.54) is 7.11 Å². The second-order valence-corrected chi connectivity index (χ2v) is 5.88. The zero-order chi connectivity index (χ0) is 15.6. The van der Waals surface area contributed by atoms with Gasteiger partial charge in [-0.25, -0.2) is 14.2 Å². The first kappa shape index (κ1) is 15.7. The van der Waals surface area contributed by atoms with Crippen LogP contribution in [0.15, 0.2) is 12.1 Å². The van der Waals surface area contributed by atoms with Crippen LogP contribution in [0, 0.1) is 19.7 Å². The number of halogens is 2. The Bertz CT molecular complexity index is 665. The quantitative estimate of drug-likeness (QED) is 0.863. The molecule has 2 aromatic rings. The number of nitrogens with one attached hydrogen (secondary N) is 1. The molecule has 0 spiro atoms. The molecule has 7 heteroatoms. The summed E-state index contributed by atoms with van der Waals surface area (Å²) in [4.78, 5) is 15.8. The molecule has 21 heavy (non-hydrogen) atoms. The maximum absolute atomic E-state index is 13.6. The van der Waals surface area contributed by atoms with Gasteiger partial charge in [0.1, 0.15) is 5.82 Å². The van der Waals surface area contributed by atoms with Crippen LogP contribution in [0.1, 0.15) is 26.4 Å². The van der Waals surface area contributed by atoms with E-state index in [-0.39, 0.29) is 15.8 Å². The number of hydrogen-bond donors (Lipinski definition) is 1. The Hall–Kier alpha value is -1.66. The summed E-state index contributed by atoms with van der Waals surface area (Å²) in [5.41, 5.74) is 2.12. The summed E-state index contributed by atoms with van der Waals surface area (Å²) in [6, 6.07) is 3.54. The highest BCUT2D eigenvalue weighted by atomic mass is 35.5. The largest absolute Gasteiger partial charge is 0.465 e. The van der Waals surface area contributed by atoms with E-state index in [1.54, 1.807) is 26.0 Å². The number of aryl methyl sites for hydroxylation is 2. The second kappa shape index (κ2) is 6.41. The summed E-state index contributed by atoms with van der Waals surface area (Å²) in [6.07, 6.45) is 0. The lowest BCUT2D eigenvalue weighted by atomic mass is 10.1. The molecular weight excluding hydrogens is 315 g/mol. The summed E-state index contributed by atoms with van der Waals surface area (Å²) in [6.45, 7) is 3.91. The third-order valence-corrected chi connectivity index (χ3v) is 4.28. The first-order valence-electron chi connectivity index (χ1n) is 6.16. The van der Waals surface area contributed by atoms with Gasteiger partial charge in [-0.2, -0.15) is 0 Å². The number of rotatable bonds is 4. The highest BCUT2D eigenvalue weighted by Gasteiger charge is 2.17. The number of aromatic nitrogens is 1. The maximum Gasteiger partial charge on any atom is 0.351 e. The van der Waals surface area contributed by atoms with Crippen molar-refractivity contribution in [2.45, 2.75) is 20.4 Å². The highest BCUT2D eigenvalue weighted by molar-refractivity contribution is 7.18. The molecule has 0 amide bonds. The Kier molecular flexibility index (Phi) is 4.80. The van der Waals surface area contributed by atoms with Crippen LogP contribution in [0.25, 0.3) is 0 Å². The van der Waals surface area contributed by atoms with Gasteiger partial charge in [0.15, 0.2) is 15.2 Å². The van der Waals surface area contributed by atoms with Crippen molar-refractivity contribution in [2.75, 3.05) is 12.4 Å². The lowest BCUT2D eigenvalue weighted by Gasteiger charge is -2.07. The minimum atomic E-state index is -0.515. The van der Waals surface area contributed by atoms with Gasteiger partial charge in [0.25, 0.3) is 0 Å².